The Morgan fingerprint density at radius 1 is 1.77 bits per heavy atom. The molecule has 13 heavy (non-hydrogen) atoms. The maximum Gasteiger partial charge on any atom is 0.148 e. The number of hydrogen-bond acceptors (Lipinski definition) is 3. The molecule has 0 saturated carbocycles. The van der Waals surface area contributed by atoms with Gasteiger partial charge in [-0.05, 0) is 12.8 Å². The van der Waals surface area contributed by atoms with E-state index in [1.54, 1.807) is 4.68 Å². The second-order valence-electron chi connectivity index (χ2n) is 3.39. The zero-order chi connectivity index (χ0) is 9.10. The molecule has 4 heteroatoms. The minimum absolute atomic E-state index is 0.377. The van der Waals surface area contributed by atoms with Gasteiger partial charge in [-0.1, -0.05) is 0 Å². The summed E-state index contributed by atoms with van der Waals surface area (Å²) in [7, 11) is 1.91. The van der Waals surface area contributed by atoms with E-state index in [1.165, 1.54) is 12.8 Å². The number of aryl methyl sites for hydroxylation is 1. The Kier molecular flexibility index (Phi) is 2.49. The summed E-state index contributed by atoms with van der Waals surface area (Å²) in [4.78, 5) is 0. The highest BCUT2D eigenvalue weighted by Gasteiger charge is 2.14. The highest BCUT2D eigenvalue weighted by atomic mass is 16.5. The number of rotatable bonds is 3. The van der Waals surface area contributed by atoms with Gasteiger partial charge in [0.15, 0.2) is 0 Å². The molecule has 0 aromatic carbocycles. The molecule has 1 aliphatic heterocycles. The van der Waals surface area contributed by atoms with Crippen LogP contribution in [-0.2, 0) is 11.8 Å². The smallest absolute Gasteiger partial charge is 0.148 e. The van der Waals surface area contributed by atoms with Gasteiger partial charge in [0.2, 0.25) is 0 Å². The lowest BCUT2D eigenvalue weighted by Crippen LogP contribution is -2.18. The Bertz CT molecular complexity index is 266. The summed E-state index contributed by atoms with van der Waals surface area (Å²) in [5.41, 5.74) is 0. The molecule has 2 heterocycles. The van der Waals surface area contributed by atoms with Crippen molar-refractivity contribution in [1.29, 1.82) is 0 Å². The first-order valence-corrected chi connectivity index (χ1v) is 4.70. The van der Waals surface area contributed by atoms with Crippen molar-refractivity contribution < 1.29 is 4.74 Å². The highest BCUT2D eigenvalue weighted by molar-refractivity contribution is 5.32. The van der Waals surface area contributed by atoms with Crippen LogP contribution < -0.4 is 5.32 Å². The van der Waals surface area contributed by atoms with Crippen molar-refractivity contribution in [3.05, 3.63) is 12.3 Å². The summed E-state index contributed by atoms with van der Waals surface area (Å²) >= 11 is 0. The minimum atomic E-state index is 0.377. The lowest BCUT2D eigenvalue weighted by molar-refractivity contribution is 0.120. The quantitative estimate of drug-likeness (QED) is 0.756. The maximum atomic E-state index is 5.48. The van der Waals surface area contributed by atoms with Crippen molar-refractivity contribution in [3.8, 4) is 0 Å². The zero-order valence-corrected chi connectivity index (χ0v) is 7.86. The Morgan fingerprint density at radius 3 is 3.31 bits per heavy atom. The number of nitrogens with zero attached hydrogens (tertiary/aromatic N) is 2. The molecule has 1 fully saturated rings. The molecule has 0 aliphatic carbocycles. The van der Waals surface area contributed by atoms with E-state index in [2.05, 4.69) is 10.4 Å². The Labute approximate surface area is 77.9 Å². The van der Waals surface area contributed by atoms with E-state index in [0.717, 1.165) is 19.0 Å². The van der Waals surface area contributed by atoms with Gasteiger partial charge in [0.25, 0.3) is 0 Å². The summed E-state index contributed by atoms with van der Waals surface area (Å²) in [6.07, 6.45) is 4.66. The van der Waals surface area contributed by atoms with E-state index in [4.69, 9.17) is 4.74 Å². The number of ether oxygens (including phenoxy) is 1. The molecule has 1 N–H and O–H groups in total. The SMILES string of the molecule is Cn1ccc(NCC2CCCO2)n1. The first-order chi connectivity index (χ1) is 6.34. The van der Waals surface area contributed by atoms with E-state index >= 15 is 0 Å². The van der Waals surface area contributed by atoms with Crippen LogP contribution in [-0.4, -0.2) is 29.0 Å². The molecule has 1 saturated heterocycles. The van der Waals surface area contributed by atoms with E-state index < -0.39 is 0 Å². The van der Waals surface area contributed by atoms with Crippen LogP contribution in [0.4, 0.5) is 5.82 Å². The fourth-order valence-corrected chi connectivity index (χ4v) is 1.53. The predicted octanol–water partition coefficient (Wildman–Crippen LogP) is 1.01. The summed E-state index contributed by atoms with van der Waals surface area (Å²) in [6, 6.07) is 1.97. The van der Waals surface area contributed by atoms with Gasteiger partial charge in [0.05, 0.1) is 6.10 Å². The maximum absolute atomic E-state index is 5.48. The van der Waals surface area contributed by atoms with Gasteiger partial charge in [-0.3, -0.25) is 4.68 Å². The van der Waals surface area contributed by atoms with Crippen LogP contribution in [0.3, 0.4) is 0 Å². The summed E-state index contributed by atoms with van der Waals surface area (Å²) < 4.78 is 7.27. The molecule has 1 atom stereocenters. The van der Waals surface area contributed by atoms with Crippen LogP contribution in [0.15, 0.2) is 12.3 Å². The van der Waals surface area contributed by atoms with Crippen LogP contribution in [0.5, 0.6) is 0 Å². The number of nitrogens with one attached hydrogen (secondary N) is 1. The van der Waals surface area contributed by atoms with Crippen LogP contribution in [0.1, 0.15) is 12.8 Å². The van der Waals surface area contributed by atoms with E-state index in [1.807, 2.05) is 19.3 Å². The van der Waals surface area contributed by atoms with Crippen LogP contribution in [0.2, 0.25) is 0 Å². The van der Waals surface area contributed by atoms with Crippen molar-refractivity contribution in [1.82, 2.24) is 9.78 Å². The van der Waals surface area contributed by atoms with Crippen molar-refractivity contribution in [3.63, 3.8) is 0 Å². The molecular weight excluding hydrogens is 166 g/mol. The second-order valence-corrected chi connectivity index (χ2v) is 3.39. The first kappa shape index (κ1) is 8.56. The first-order valence-electron chi connectivity index (χ1n) is 4.70. The lowest BCUT2D eigenvalue weighted by Gasteiger charge is -2.09. The fraction of sp³-hybridized carbons (Fsp3) is 0.667. The monoisotopic (exact) mass is 181 g/mol. The molecule has 2 rings (SSSR count). The highest BCUT2D eigenvalue weighted by Crippen LogP contribution is 2.12. The summed E-state index contributed by atoms with van der Waals surface area (Å²) in [6.45, 7) is 1.78. The van der Waals surface area contributed by atoms with Crippen LogP contribution >= 0.6 is 0 Å². The average Bonchev–Trinajstić information content (AvgIpc) is 2.71. The summed E-state index contributed by atoms with van der Waals surface area (Å²) in [5.74, 6) is 0.929. The molecule has 72 valence electrons. The molecular formula is C9H15N3O. The van der Waals surface area contributed by atoms with Gasteiger partial charge in [-0.25, -0.2) is 0 Å². The van der Waals surface area contributed by atoms with E-state index in [9.17, 15) is 0 Å². The number of anilines is 1. The minimum Gasteiger partial charge on any atom is -0.376 e. The molecule has 0 bridgehead atoms. The standard InChI is InChI=1S/C9H15N3O/c1-12-5-4-9(11-12)10-7-8-3-2-6-13-8/h4-5,8H,2-3,6-7H2,1H3,(H,10,11). The Hall–Kier alpha value is -1.03. The molecule has 0 radical (unpaired) electrons. The molecule has 4 nitrogen and oxygen atoms in total. The molecule has 0 spiro atoms. The topological polar surface area (TPSA) is 39.1 Å². The predicted molar refractivity (Wildman–Crippen MR) is 50.7 cm³/mol. The number of hydrogen-bond donors (Lipinski definition) is 1. The zero-order valence-electron chi connectivity index (χ0n) is 7.86. The van der Waals surface area contributed by atoms with Gasteiger partial charge in [0, 0.05) is 32.5 Å². The normalized spacial score (nSPS) is 22.1. The van der Waals surface area contributed by atoms with Crippen molar-refractivity contribution in [2.24, 2.45) is 7.05 Å². The largest absolute Gasteiger partial charge is 0.376 e. The van der Waals surface area contributed by atoms with Gasteiger partial charge in [0.1, 0.15) is 5.82 Å². The van der Waals surface area contributed by atoms with Gasteiger partial charge >= 0.3 is 0 Å². The molecule has 1 aromatic rings. The molecule has 1 aromatic heterocycles. The summed E-state index contributed by atoms with van der Waals surface area (Å²) in [5, 5.41) is 7.47. The third kappa shape index (κ3) is 2.21. The molecule has 0 amide bonds. The fourth-order valence-electron chi connectivity index (χ4n) is 1.53. The van der Waals surface area contributed by atoms with Crippen molar-refractivity contribution in [2.45, 2.75) is 18.9 Å². The van der Waals surface area contributed by atoms with Gasteiger partial charge in [-0.2, -0.15) is 5.10 Å². The second kappa shape index (κ2) is 3.79. The van der Waals surface area contributed by atoms with E-state index in [-0.39, 0.29) is 0 Å². The Morgan fingerprint density at radius 2 is 2.69 bits per heavy atom. The third-order valence-corrected chi connectivity index (χ3v) is 2.25. The molecule has 1 aliphatic rings. The van der Waals surface area contributed by atoms with Crippen LogP contribution in [0.25, 0.3) is 0 Å². The van der Waals surface area contributed by atoms with Crippen molar-refractivity contribution in [2.75, 3.05) is 18.5 Å². The molecule has 1 unspecified atom stereocenters. The van der Waals surface area contributed by atoms with Gasteiger partial charge in [-0.15, -0.1) is 0 Å². The average molecular weight is 181 g/mol. The number of aromatic nitrogens is 2. The third-order valence-electron chi connectivity index (χ3n) is 2.25. The van der Waals surface area contributed by atoms with E-state index in [0.29, 0.717) is 6.10 Å². The van der Waals surface area contributed by atoms with Crippen LogP contribution in [0, 0.1) is 0 Å². The Balaban J connectivity index is 1.78. The lowest BCUT2D eigenvalue weighted by atomic mass is 10.2. The van der Waals surface area contributed by atoms with Crippen molar-refractivity contribution >= 4 is 5.82 Å². The van der Waals surface area contributed by atoms with Gasteiger partial charge < -0.3 is 10.1 Å².